The van der Waals surface area contributed by atoms with Gasteiger partial charge in [-0.2, -0.15) is 0 Å². The van der Waals surface area contributed by atoms with Gasteiger partial charge < -0.3 is 15.3 Å². The average Bonchev–Trinajstić information content (AvgIpc) is 3.19. The Bertz CT molecular complexity index is 607. The van der Waals surface area contributed by atoms with Crippen LogP contribution in [0.4, 0.5) is 0 Å². The third kappa shape index (κ3) is 8.21. The van der Waals surface area contributed by atoms with E-state index in [1.54, 1.807) is 0 Å². The highest BCUT2D eigenvalue weighted by Crippen LogP contribution is 2.05. The normalized spacial score (nSPS) is 14.0. The number of imidazole rings is 2. The molecular formula is C19H35N5O3+2. The van der Waals surface area contributed by atoms with Crippen molar-refractivity contribution in [3.63, 3.8) is 0 Å². The Kier molecular flexibility index (Phi) is 8.93. The molecule has 0 aromatic carbocycles. The summed E-state index contributed by atoms with van der Waals surface area (Å²) in [5.41, 5.74) is 0. The molecule has 2 aromatic rings. The van der Waals surface area contributed by atoms with Crippen molar-refractivity contribution in [3.8, 4) is 0 Å². The van der Waals surface area contributed by atoms with Crippen molar-refractivity contribution >= 4 is 0 Å². The van der Waals surface area contributed by atoms with Gasteiger partial charge in [0.2, 0.25) is 12.7 Å². The molecule has 152 valence electrons. The monoisotopic (exact) mass is 381 g/mol. The van der Waals surface area contributed by atoms with Crippen LogP contribution >= 0.6 is 0 Å². The average molecular weight is 382 g/mol. The number of aryl methyl sites for hydroxylation is 2. The highest BCUT2D eigenvalue weighted by molar-refractivity contribution is 4.75. The lowest BCUT2D eigenvalue weighted by molar-refractivity contribution is -0.671. The Balaban J connectivity index is 1.86. The van der Waals surface area contributed by atoms with Crippen LogP contribution in [-0.2, 0) is 27.2 Å². The molecule has 0 aliphatic carbocycles. The Morgan fingerprint density at radius 1 is 0.852 bits per heavy atom. The fourth-order valence-electron chi connectivity index (χ4n) is 3.30. The summed E-state index contributed by atoms with van der Waals surface area (Å²) >= 11 is 0. The number of aromatic nitrogens is 4. The molecule has 27 heavy (non-hydrogen) atoms. The van der Waals surface area contributed by atoms with E-state index < -0.39 is 12.2 Å². The quantitative estimate of drug-likeness (QED) is 0.302. The molecule has 0 amide bonds. The highest BCUT2D eigenvalue weighted by Gasteiger charge is 2.19. The van der Waals surface area contributed by atoms with Crippen LogP contribution in [0.5, 0.6) is 0 Å². The fourth-order valence-corrected chi connectivity index (χ4v) is 3.30. The van der Waals surface area contributed by atoms with Crippen molar-refractivity contribution in [2.75, 3.05) is 26.2 Å². The van der Waals surface area contributed by atoms with Crippen LogP contribution in [0.3, 0.4) is 0 Å². The van der Waals surface area contributed by atoms with Gasteiger partial charge in [0.15, 0.2) is 0 Å². The lowest BCUT2D eigenvalue weighted by Gasteiger charge is -2.26. The van der Waals surface area contributed by atoms with Gasteiger partial charge in [-0.25, -0.2) is 18.3 Å². The van der Waals surface area contributed by atoms with Crippen LogP contribution < -0.4 is 9.13 Å². The Morgan fingerprint density at radius 3 is 1.78 bits per heavy atom. The van der Waals surface area contributed by atoms with E-state index in [9.17, 15) is 10.2 Å². The zero-order valence-corrected chi connectivity index (χ0v) is 16.6. The lowest BCUT2D eigenvalue weighted by Crippen LogP contribution is -2.41. The molecular weight excluding hydrogens is 346 g/mol. The molecule has 0 bridgehead atoms. The molecule has 2 unspecified atom stereocenters. The van der Waals surface area contributed by atoms with Crippen molar-refractivity contribution in [2.24, 2.45) is 14.1 Å². The molecule has 0 saturated carbocycles. The van der Waals surface area contributed by atoms with Gasteiger partial charge in [0, 0.05) is 19.7 Å². The van der Waals surface area contributed by atoms with Gasteiger partial charge in [0.05, 0.1) is 14.1 Å². The first-order valence-corrected chi connectivity index (χ1v) is 9.67. The van der Waals surface area contributed by atoms with Crippen LogP contribution in [0.2, 0.25) is 0 Å². The summed E-state index contributed by atoms with van der Waals surface area (Å²) in [7, 11) is 3.90. The van der Waals surface area contributed by atoms with Gasteiger partial charge >= 0.3 is 0 Å². The highest BCUT2D eigenvalue weighted by atomic mass is 16.3. The maximum Gasteiger partial charge on any atom is 0.243 e. The second kappa shape index (κ2) is 11.2. The van der Waals surface area contributed by atoms with Crippen LogP contribution in [0.1, 0.15) is 19.3 Å². The summed E-state index contributed by atoms with van der Waals surface area (Å²) in [6, 6.07) is 0. The van der Waals surface area contributed by atoms with E-state index in [-0.39, 0.29) is 6.61 Å². The van der Waals surface area contributed by atoms with Crippen molar-refractivity contribution in [3.05, 3.63) is 37.4 Å². The number of aliphatic hydroxyl groups excluding tert-OH is 3. The van der Waals surface area contributed by atoms with Gasteiger partial charge in [-0.05, 0) is 25.8 Å². The smallest absolute Gasteiger partial charge is 0.243 e. The maximum atomic E-state index is 10.5. The minimum atomic E-state index is -0.508. The van der Waals surface area contributed by atoms with E-state index in [0.717, 1.165) is 25.8 Å². The molecule has 3 N–H and O–H groups in total. The molecule has 0 spiro atoms. The van der Waals surface area contributed by atoms with Crippen molar-refractivity contribution in [2.45, 2.75) is 44.6 Å². The van der Waals surface area contributed by atoms with Crippen molar-refractivity contribution < 1.29 is 24.5 Å². The zero-order chi connectivity index (χ0) is 19.6. The van der Waals surface area contributed by atoms with E-state index in [1.165, 1.54) is 0 Å². The second-order valence-electron chi connectivity index (χ2n) is 7.40. The van der Waals surface area contributed by atoms with E-state index >= 15 is 0 Å². The zero-order valence-electron chi connectivity index (χ0n) is 16.6. The van der Waals surface area contributed by atoms with Gasteiger partial charge in [0.1, 0.15) is 50.1 Å². The van der Waals surface area contributed by atoms with Crippen molar-refractivity contribution in [1.29, 1.82) is 0 Å². The molecule has 2 heterocycles. The molecule has 2 aromatic heterocycles. The number of hydrogen-bond donors (Lipinski definition) is 3. The lowest BCUT2D eigenvalue weighted by atomic mass is 10.2. The summed E-state index contributed by atoms with van der Waals surface area (Å²) in [6.07, 6.45) is 13.3. The minimum Gasteiger partial charge on any atom is -0.396 e. The maximum absolute atomic E-state index is 10.5. The molecule has 0 aliphatic heterocycles. The molecule has 8 heteroatoms. The number of hydrogen-bond acceptors (Lipinski definition) is 4. The molecule has 0 saturated heterocycles. The molecule has 2 atom stereocenters. The molecule has 2 rings (SSSR count). The minimum absolute atomic E-state index is 0.209. The first kappa shape index (κ1) is 21.6. The molecule has 0 radical (unpaired) electrons. The summed E-state index contributed by atoms with van der Waals surface area (Å²) in [5.74, 6) is 0. The van der Waals surface area contributed by atoms with E-state index in [4.69, 9.17) is 5.11 Å². The number of unbranched alkanes of at least 4 members (excludes halogenated alkanes) is 2. The van der Waals surface area contributed by atoms with E-state index in [0.29, 0.717) is 26.2 Å². The Morgan fingerprint density at radius 2 is 1.37 bits per heavy atom. The van der Waals surface area contributed by atoms with Crippen LogP contribution in [-0.4, -0.2) is 67.8 Å². The molecule has 8 nitrogen and oxygen atoms in total. The number of aliphatic hydroxyl groups is 3. The Hall–Kier alpha value is -1.74. The second-order valence-corrected chi connectivity index (χ2v) is 7.40. The summed E-state index contributed by atoms with van der Waals surface area (Å²) in [4.78, 5) is 2.12. The molecule has 0 fully saturated rings. The number of rotatable bonds is 13. The topological polar surface area (TPSA) is 81.6 Å². The van der Waals surface area contributed by atoms with Crippen LogP contribution in [0.15, 0.2) is 37.4 Å². The first-order valence-electron chi connectivity index (χ1n) is 9.67. The third-order valence-corrected chi connectivity index (χ3v) is 4.56. The Labute approximate surface area is 161 Å². The third-order valence-electron chi connectivity index (χ3n) is 4.56. The van der Waals surface area contributed by atoms with Gasteiger partial charge in [-0.15, -0.1) is 0 Å². The van der Waals surface area contributed by atoms with Crippen LogP contribution in [0.25, 0.3) is 0 Å². The van der Waals surface area contributed by atoms with E-state index in [1.807, 2.05) is 69.8 Å². The number of nitrogens with zero attached hydrogens (tertiary/aromatic N) is 5. The fraction of sp³-hybridized carbons (Fsp3) is 0.684. The predicted molar refractivity (Wildman–Crippen MR) is 101 cm³/mol. The summed E-state index contributed by atoms with van der Waals surface area (Å²) in [6.45, 7) is 3.08. The first-order chi connectivity index (χ1) is 13.0. The van der Waals surface area contributed by atoms with Crippen molar-refractivity contribution in [1.82, 2.24) is 14.0 Å². The molecule has 0 aliphatic rings. The van der Waals surface area contributed by atoms with Gasteiger partial charge in [0.25, 0.3) is 0 Å². The largest absolute Gasteiger partial charge is 0.396 e. The SMILES string of the molecule is C[n+]1ccn(CC(O)CN(CCCCCO)CC(O)Cn2cc[n+](C)c2)c1. The summed E-state index contributed by atoms with van der Waals surface area (Å²) in [5, 5.41) is 29.9. The van der Waals surface area contributed by atoms with E-state index in [2.05, 4.69) is 4.90 Å². The van der Waals surface area contributed by atoms with Gasteiger partial charge in [-0.3, -0.25) is 4.90 Å². The summed E-state index contributed by atoms with van der Waals surface area (Å²) < 4.78 is 7.82. The van der Waals surface area contributed by atoms with Crippen LogP contribution in [0, 0.1) is 0 Å². The standard InChI is InChI=1S/C19H35N5O3/c1-20-7-9-23(16-20)14-18(26)12-22(6-4-3-5-11-25)13-19(27)15-24-10-8-21(2)17-24/h7-10,16-19,25-27H,3-6,11-15H2,1-2H3/q+2. The van der Waals surface area contributed by atoms with Gasteiger partial charge in [-0.1, -0.05) is 0 Å². The predicted octanol–water partition coefficient (Wildman–Crippen LogP) is -1.17.